The molecule has 2 heteroatoms. The third kappa shape index (κ3) is 3.46. The summed E-state index contributed by atoms with van der Waals surface area (Å²) in [5, 5.41) is 0. The van der Waals surface area contributed by atoms with Gasteiger partial charge in [0.05, 0.1) is 0 Å². The number of nitrogens with zero attached hydrogens (tertiary/aromatic N) is 2. The first kappa shape index (κ1) is 13.0. The van der Waals surface area contributed by atoms with Crippen molar-refractivity contribution in [1.29, 1.82) is 0 Å². The van der Waals surface area contributed by atoms with Crippen LogP contribution in [0.15, 0.2) is 0 Å². The van der Waals surface area contributed by atoms with E-state index in [9.17, 15) is 0 Å². The van der Waals surface area contributed by atoms with Gasteiger partial charge < -0.3 is 9.80 Å². The highest BCUT2D eigenvalue weighted by Gasteiger charge is 2.35. The fourth-order valence-corrected chi connectivity index (χ4v) is 2.69. The number of likely N-dealkylation sites (tertiary alicyclic amines) is 2. The van der Waals surface area contributed by atoms with Gasteiger partial charge in [-0.3, -0.25) is 0 Å². The first-order chi connectivity index (χ1) is 7.20. The number of rotatable bonds is 0. The largest absolute Gasteiger partial charge is 0.306 e. The first-order valence-corrected chi connectivity index (χ1v) is 6.57. The minimum absolute atomic E-state index is 0.735. The van der Waals surface area contributed by atoms with Crippen molar-refractivity contribution in [3.63, 3.8) is 0 Å². The Hall–Kier alpha value is -0.0800. The molecule has 0 radical (unpaired) electrons. The molecule has 90 valence electrons. The van der Waals surface area contributed by atoms with Gasteiger partial charge in [-0.25, -0.2) is 0 Å². The molecule has 15 heavy (non-hydrogen) atoms. The lowest BCUT2D eigenvalue weighted by molar-refractivity contribution is 0.0519. The molecule has 2 saturated heterocycles. The summed E-state index contributed by atoms with van der Waals surface area (Å²) in [6.45, 7) is 9.29. The molecule has 2 nitrogen and oxygen atoms in total. The average Bonchev–Trinajstić information content (AvgIpc) is 2.30. The Morgan fingerprint density at radius 2 is 0.933 bits per heavy atom. The van der Waals surface area contributed by atoms with Gasteiger partial charge in [-0.2, -0.15) is 0 Å². The second kappa shape index (κ2) is 5.86. The Morgan fingerprint density at radius 3 is 1.20 bits per heavy atom. The predicted molar refractivity (Wildman–Crippen MR) is 67.2 cm³/mol. The van der Waals surface area contributed by atoms with E-state index in [4.69, 9.17) is 0 Å². The van der Waals surface area contributed by atoms with Crippen LogP contribution in [0.2, 0.25) is 0 Å². The Labute approximate surface area is 95.6 Å². The zero-order valence-electron chi connectivity index (χ0n) is 11.1. The maximum Gasteiger partial charge on any atom is -0.00165 e. The summed E-state index contributed by atoms with van der Waals surface area (Å²) < 4.78 is 0. The fourth-order valence-electron chi connectivity index (χ4n) is 2.69. The average molecular weight is 212 g/mol. The van der Waals surface area contributed by atoms with Gasteiger partial charge in [0.25, 0.3) is 0 Å². The van der Waals surface area contributed by atoms with E-state index in [2.05, 4.69) is 23.9 Å². The molecule has 0 N–H and O–H groups in total. The van der Waals surface area contributed by atoms with Crippen molar-refractivity contribution in [2.45, 2.75) is 39.5 Å². The van der Waals surface area contributed by atoms with Crippen LogP contribution in [-0.2, 0) is 0 Å². The second-order valence-corrected chi connectivity index (χ2v) is 5.11. The highest BCUT2D eigenvalue weighted by atomic mass is 15.1. The topological polar surface area (TPSA) is 6.48 Å². The summed E-state index contributed by atoms with van der Waals surface area (Å²) in [5.41, 5.74) is 0.735. The van der Waals surface area contributed by atoms with Crippen LogP contribution in [-0.4, -0.2) is 50.1 Å². The molecule has 0 aromatic carbocycles. The Morgan fingerprint density at radius 1 is 0.667 bits per heavy atom. The van der Waals surface area contributed by atoms with Crippen LogP contribution in [0.3, 0.4) is 0 Å². The Kier molecular flexibility index (Phi) is 5.07. The summed E-state index contributed by atoms with van der Waals surface area (Å²) in [7, 11) is 4.50. The minimum Gasteiger partial charge on any atom is -0.306 e. The summed E-state index contributed by atoms with van der Waals surface area (Å²) in [6, 6.07) is 0. The summed E-state index contributed by atoms with van der Waals surface area (Å²) >= 11 is 0. The standard InChI is InChI=1S/C11H22N2.C2H6/c1-12-7-3-11(4-8-12)5-9-13(2)10-6-11;1-2/h3-10H2,1-2H3;1-2H3. The van der Waals surface area contributed by atoms with Crippen molar-refractivity contribution in [2.75, 3.05) is 40.3 Å². The zero-order chi connectivity index (χ0) is 11.3. The van der Waals surface area contributed by atoms with E-state index >= 15 is 0 Å². The molecule has 2 rings (SSSR count). The van der Waals surface area contributed by atoms with Crippen molar-refractivity contribution in [2.24, 2.45) is 5.41 Å². The maximum atomic E-state index is 2.48. The molecule has 0 bridgehead atoms. The third-order valence-electron chi connectivity index (χ3n) is 4.10. The predicted octanol–water partition coefficient (Wildman–Crippen LogP) is 2.45. The van der Waals surface area contributed by atoms with E-state index in [-0.39, 0.29) is 0 Å². The van der Waals surface area contributed by atoms with Crippen LogP contribution in [0.5, 0.6) is 0 Å². The molecule has 2 aliphatic rings. The molecule has 0 atom stereocenters. The van der Waals surface area contributed by atoms with Crippen molar-refractivity contribution >= 4 is 0 Å². The van der Waals surface area contributed by atoms with E-state index < -0.39 is 0 Å². The quantitative estimate of drug-likeness (QED) is 0.608. The van der Waals surface area contributed by atoms with Crippen molar-refractivity contribution in [1.82, 2.24) is 9.80 Å². The SMILES string of the molecule is CC.CN1CCC2(CC1)CCN(C)CC2. The first-order valence-electron chi connectivity index (χ1n) is 6.57. The normalized spacial score (nSPS) is 27.2. The van der Waals surface area contributed by atoms with Crippen molar-refractivity contribution in [3.05, 3.63) is 0 Å². The van der Waals surface area contributed by atoms with Gasteiger partial charge in [-0.05, 0) is 71.4 Å². The molecule has 0 saturated carbocycles. The molecule has 0 aliphatic carbocycles. The monoisotopic (exact) mass is 212 g/mol. The summed E-state index contributed by atoms with van der Waals surface area (Å²) in [4.78, 5) is 4.95. The molecule has 0 amide bonds. The molecule has 0 aromatic heterocycles. The van der Waals surface area contributed by atoms with Gasteiger partial charge in [0, 0.05) is 0 Å². The van der Waals surface area contributed by atoms with Crippen LogP contribution >= 0.6 is 0 Å². The number of hydrogen-bond acceptors (Lipinski definition) is 2. The number of hydrogen-bond donors (Lipinski definition) is 0. The molecule has 0 unspecified atom stereocenters. The minimum atomic E-state index is 0.735. The van der Waals surface area contributed by atoms with Gasteiger partial charge in [0.1, 0.15) is 0 Å². The van der Waals surface area contributed by atoms with Gasteiger partial charge in [0.2, 0.25) is 0 Å². The van der Waals surface area contributed by atoms with E-state index in [1.54, 1.807) is 0 Å². The maximum absolute atomic E-state index is 2.48. The lowest BCUT2D eigenvalue weighted by Gasteiger charge is -2.45. The summed E-state index contributed by atoms with van der Waals surface area (Å²) in [6.07, 6.45) is 5.77. The Balaban J connectivity index is 0.000000531. The third-order valence-corrected chi connectivity index (χ3v) is 4.10. The molecule has 0 aromatic rings. The van der Waals surface area contributed by atoms with Gasteiger partial charge in [0.15, 0.2) is 0 Å². The van der Waals surface area contributed by atoms with E-state index in [0.717, 1.165) is 5.41 Å². The van der Waals surface area contributed by atoms with E-state index in [0.29, 0.717) is 0 Å². The summed E-state index contributed by atoms with van der Waals surface area (Å²) in [5.74, 6) is 0. The van der Waals surface area contributed by atoms with Crippen LogP contribution < -0.4 is 0 Å². The van der Waals surface area contributed by atoms with Gasteiger partial charge >= 0.3 is 0 Å². The van der Waals surface area contributed by atoms with Crippen molar-refractivity contribution in [3.8, 4) is 0 Å². The van der Waals surface area contributed by atoms with Crippen LogP contribution in [0.4, 0.5) is 0 Å². The smallest absolute Gasteiger partial charge is 0.00165 e. The molecular weight excluding hydrogens is 184 g/mol. The number of piperidine rings is 2. The second-order valence-electron chi connectivity index (χ2n) is 5.11. The van der Waals surface area contributed by atoms with Crippen LogP contribution in [0.1, 0.15) is 39.5 Å². The molecule has 2 heterocycles. The molecule has 2 aliphatic heterocycles. The molecule has 2 fully saturated rings. The highest BCUT2D eigenvalue weighted by molar-refractivity contribution is 4.89. The lowest BCUT2D eigenvalue weighted by atomic mass is 9.71. The van der Waals surface area contributed by atoms with Gasteiger partial charge in [-0.1, -0.05) is 13.8 Å². The fraction of sp³-hybridized carbons (Fsp3) is 1.00. The van der Waals surface area contributed by atoms with E-state index in [1.165, 1.54) is 51.9 Å². The van der Waals surface area contributed by atoms with Crippen LogP contribution in [0.25, 0.3) is 0 Å². The van der Waals surface area contributed by atoms with E-state index in [1.807, 2.05) is 13.8 Å². The van der Waals surface area contributed by atoms with Crippen LogP contribution in [0, 0.1) is 5.41 Å². The zero-order valence-corrected chi connectivity index (χ0v) is 11.1. The lowest BCUT2D eigenvalue weighted by Crippen LogP contribution is -2.44. The molecular formula is C13H28N2. The highest BCUT2D eigenvalue weighted by Crippen LogP contribution is 2.40. The van der Waals surface area contributed by atoms with Gasteiger partial charge in [-0.15, -0.1) is 0 Å². The van der Waals surface area contributed by atoms with Crippen molar-refractivity contribution < 1.29 is 0 Å². The Bertz CT molecular complexity index is 140. The molecule has 1 spiro atoms.